The monoisotopic (exact) mass is 500 g/mol. The molecule has 2 unspecified atom stereocenters. The molecule has 5 rings (SSSR count). The first-order valence-electron chi connectivity index (χ1n) is 12.0. The van der Waals surface area contributed by atoms with Gasteiger partial charge in [0, 0.05) is 12.6 Å². The highest BCUT2D eigenvalue weighted by molar-refractivity contribution is 6.06. The molecule has 0 saturated heterocycles. The summed E-state index contributed by atoms with van der Waals surface area (Å²) in [5.41, 5.74) is 3.35. The Bertz CT molecular complexity index is 1330. The number of hydrogen-bond donors (Lipinski definition) is 1. The molecule has 0 fully saturated rings. The first kappa shape index (κ1) is 24.4. The lowest BCUT2D eigenvalue weighted by Gasteiger charge is -2.39. The highest BCUT2D eigenvalue weighted by Gasteiger charge is 2.45. The van der Waals surface area contributed by atoms with Crippen molar-refractivity contribution < 1.29 is 28.9 Å². The van der Waals surface area contributed by atoms with Crippen LogP contribution in [-0.4, -0.2) is 48.0 Å². The van der Waals surface area contributed by atoms with Crippen LogP contribution < -0.4 is 14.4 Å². The third-order valence-corrected chi connectivity index (χ3v) is 6.69. The molecule has 2 aliphatic rings. The summed E-state index contributed by atoms with van der Waals surface area (Å²) in [6.45, 7) is 4.10. The summed E-state index contributed by atoms with van der Waals surface area (Å²) in [4.78, 5) is 29.9. The number of benzene rings is 3. The van der Waals surface area contributed by atoms with Crippen molar-refractivity contribution in [2.75, 3.05) is 18.6 Å². The van der Waals surface area contributed by atoms with Gasteiger partial charge in [-0.15, -0.1) is 0 Å². The normalized spacial score (nSPS) is 18.2. The number of carbonyl (C=O) groups excluding carboxylic acids is 2. The summed E-state index contributed by atoms with van der Waals surface area (Å²) in [6.07, 6.45) is -0.316. The van der Waals surface area contributed by atoms with E-state index >= 15 is 0 Å². The van der Waals surface area contributed by atoms with Crippen molar-refractivity contribution in [2.45, 2.75) is 31.8 Å². The van der Waals surface area contributed by atoms with Gasteiger partial charge in [-0.2, -0.15) is 0 Å². The molecule has 0 saturated carbocycles. The molecule has 2 amide bonds. The highest BCUT2D eigenvalue weighted by Crippen LogP contribution is 2.41. The van der Waals surface area contributed by atoms with Gasteiger partial charge in [-0.05, 0) is 29.2 Å². The number of ether oxygens (including phenoxy) is 3. The van der Waals surface area contributed by atoms with Crippen LogP contribution in [-0.2, 0) is 24.3 Å². The van der Waals surface area contributed by atoms with Gasteiger partial charge in [0.2, 0.25) is 0 Å². The van der Waals surface area contributed by atoms with Crippen LogP contribution in [0.1, 0.15) is 27.0 Å². The molecule has 0 aromatic heterocycles. The van der Waals surface area contributed by atoms with Crippen LogP contribution in [0.25, 0.3) is 0 Å². The first-order chi connectivity index (χ1) is 18.0. The number of aliphatic hydroxyl groups excluding tert-OH is 1. The molecule has 2 heterocycles. The van der Waals surface area contributed by atoms with Crippen LogP contribution in [0.5, 0.6) is 11.5 Å². The number of anilines is 1. The third-order valence-electron chi connectivity index (χ3n) is 6.69. The van der Waals surface area contributed by atoms with Crippen molar-refractivity contribution in [3.63, 3.8) is 0 Å². The smallest absolute Gasteiger partial charge is 0.416 e. The molecular formula is C29H28N2O6. The lowest BCUT2D eigenvalue weighted by Crippen LogP contribution is -2.55. The maximum atomic E-state index is 13.9. The fraction of sp³-hybridized carbons (Fsp3) is 0.241. The number of rotatable bonds is 6. The molecule has 3 aromatic rings. The Balaban J connectivity index is 1.60. The third kappa shape index (κ3) is 4.63. The van der Waals surface area contributed by atoms with Crippen LogP contribution in [0, 0.1) is 0 Å². The van der Waals surface area contributed by atoms with Gasteiger partial charge in [-0.3, -0.25) is 4.79 Å². The van der Waals surface area contributed by atoms with Crippen molar-refractivity contribution in [3.8, 4) is 11.5 Å². The molecule has 0 aliphatic carbocycles. The average molecular weight is 501 g/mol. The van der Waals surface area contributed by atoms with Gasteiger partial charge < -0.3 is 24.2 Å². The van der Waals surface area contributed by atoms with Gasteiger partial charge in [0.25, 0.3) is 5.91 Å². The van der Waals surface area contributed by atoms with Gasteiger partial charge in [-0.1, -0.05) is 67.3 Å². The van der Waals surface area contributed by atoms with E-state index in [2.05, 4.69) is 6.58 Å². The second-order valence-electron chi connectivity index (χ2n) is 8.92. The molecule has 2 aliphatic heterocycles. The van der Waals surface area contributed by atoms with E-state index in [4.69, 9.17) is 14.2 Å². The Labute approximate surface area is 215 Å². The summed E-state index contributed by atoms with van der Waals surface area (Å²) in [5.74, 6) is 0.350. The van der Waals surface area contributed by atoms with E-state index in [9.17, 15) is 14.7 Å². The highest BCUT2D eigenvalue weighted by atomic mass is 16.6. The van der Waals surface area contributed by atoms with Crippen molar-refractivity contribution in [1.82, 2.24) is 4.90 Å². The van der Waals surface area contributed by atoms with Gasteiger partial charge in [-0.25, -0.2) is 9.69 Å². The molecule has 0 spiro atoms. The minimum Gasteiger partial charge on any atom is -0.493 e. The summed E-state index contributed by atoms with van der Waals surface area (Å²) in [6, 6.07) is 19.8. The fourth-order valence-corrected chi connectivity index (χ4v) is 4.84. The standard InChI is InChI=1S/C29H28N2O6/c1-3-13-36-29(34)31-23-16-26(37-18-19-9-5-4-6-10-19)25(35-2)15-22(23)27(32)30-17-21-12-8-7-11-20(21)14-24(30)28(31)33/h3-12,15-16,24,28,33H,1,13-14,17-18H2,2H3. The van der Waals surface area contributed by atoms with Gasteiger partial charge in [0.1, 0.15) is 13.2 Å². The molecule has 1 N–H and O–H groups in total. The summed E-state index contributed by atoms with van der Waals surface area (Å²) < 4.78 is 16.9. The number of aliphatic hydroxyl groups is 1. The predicted octanol–water partition coefficient (Wildman–Crippen LogP) is 4.30. The topological polar surface area (TPSA) is 88.5 Å². The second kappa shape index (κ2) is 10.4. The second-order valence-corrected chi connectivity index (χ2v) is 8.92. The van der Waals surface area contributed by atoms with E-state index in [1.54, 1.807) is 17.0 Å². The van der Waals surface area contributed by atoms with Crippen molar-refractivity contribution in [3.05, 3.63) is 102 Å². The first-order valence-corrected chi connectivity index (χ1v) is 12.0. The summed E-state index contributed by atoms with van der Waals surface area (Å²) in [5, 5.41) is 11.6. The molecule has 8 nitrogen and oxygen atoms in total. The Kier molecular flexibility index (Phi) is 6.83. The quantitative estimate of drug-likeness (QED) is 0.508. The molecule has 3 aromatic carbocycles. The summed E-state index contributed by atoms with van der Waals surface area (Å²) >= 11 is 0. The number of methoxy groups -OCH3 is 1. The van der Waals surface area contributed by atoms with E-state index in [-0.39, 0.29) is 30.4 Å². The molecule has 0 bridgehead atoms. The number of hydrogen-bond acceptors (Lipinski definition) is 6. The molecule has 190 valence electrons. The van der Waals surface area contributed by atoms with E-state index < -0.39 is 18.4 Å². The van der Waals surface area contributed by atoms with Crippen LogP contribution in [0.15, 0.2) is 79.4 Å². The Hall–Kier alpha value is -4.30. The maximum absolute atomic E-state index is 13.9. The Morgan fingerprint density at radius 1 is 1.08 bits per heavy atom. The van der Waals surface area contributed by atoms with E-state index in [0.717, 1.165) is 21.6 Å². The van der Waals surface area contributed by atoms with Crippen LogP contribution in [0.3, 0.4) is 0 Å². The van der Waals surface area contributed by atoms with Crippen molar-refractivity contribution in [1.29, 1.82) is 0 Å². The number of amides is 2. The summed E-state index contributed by atoms with van der Waals surface area (Å²) in [7, 11) is 1.49. The van der Waals surface area contributed by atoms with Crippen molar-refractivity contribution >= 4 is 17.7 Å². The maximum Gasteiger partial charge on any atom is 0.416 e. The molecule has 0 radical (unpaired) electrons. The molecular weight excluding hydrogens is 472 g/mol. The fourth-order valence-electron chi connectivity index (χ4n) is 4.84. The lowest BCUT2D eigenvalue weighted by molar-refractivity contribution is 0.0299. The number of carbonyl (C=O) groups is 2. The Morgan fingerprint density at radius 2 is 1.81 bits per heavy atom. The van der Waals surface area contributed by atoms with E-state index in [1.165, 1.54) is 13.2 Å². The zero-order valence-electron chi connectivity index (χ0n) is 20.5. The Morgan fingerprint density at radius 3 is 2.54 bits per heavy atom. The lowest BCUT2D eigenvalue weighted by atomic mass is 9.93. The molecule has 37 heavy (non-hydrogen) atoms. The van der Waals surface area contributed by atoms with E-state index in [0.29, 0.717) is 24.5 Å². The van der Waals surface area contributed by atoms with Gasteiger partial charge >= 0.3 is 6.09 Å². The number of nitrogens with zero attached hydrogens (tertiary/aromatic N) is 2. The zero-order valence-corrected chi connectivity index (χ0v) is 20.5. The average Bonchev–Trinajstić information content (AvgIpc) is 3.01. The minimum absolute atomic E-state index is 0.0456. The zero-order chi connectivity index (χ0) is 25.9. The van der Waals surface area contributed by atoms with Gasteiger partial charge in [0.05, 0.1) is 24.4 Å². The number of fused-ring (bicyclic) bond motifs is 3. The minimum atomic E-state index is -1.36. The van der Waals surface area contributed by atoms with Crippen LogP contribution >= 0.6 is 0 Å². The predicted molar refractivity (Wildman–Crippen MR) is 138 cm³/mol. The molecule has 8 heteroatoms. The molecule has 2 atom stereocenters. The SMILES string of the molecule is C=CCOC(=O)N1c2cc(OCc3ccccc3)c(OC)cc2C(=O)N2Cc3ccccc3CC2C1O. The van der Waals surface area contributed by atoms with Crippen molar-refractivity contribution in [2.24, 2.45) is 0 Å². The largest absolute Gasteiger partial charge is 0.493 e. The van der Waals surface area contributed by atoms with Crippen LogP contribution in [0.2, 0.25) is 0 Å². The van der Waals surface area contributed by atoms with E-state index in [1.807, 2.05) is 54.6 Å². The van der Waals surface area contributed by atoms with Gasteiger partial charge in [0.15, 0.2) is 17.7 Å². The van der Waals surface area contributed by atoms with Crippen LogP contribution in [0.4, 0.5) is 10.5 Å².